The highest BCUT2D eigenvalue weighted by atomic mass is 35.5. The minimum absolute atomic E-state index is 0.120. The first-order chi connectivity index (χ1) is 17.0. The molecule has 0 bridgehead atoms. The molecule has 4 aromatic rings. The van der Waals surface area contributed by atoms with Crippen LogP contribution in [0.15, 0.2) is 53.7 Å². The van der Waals surface area contributed by atoms with Crippen LogP contribution in [0.3, 0.4) is 0 Å². The van der Waals surface area contributed by atoms with Gasteiger partial charge in [0.1, 0.15) is 23.7 Å². The van der Waals surface area contributed by atoms with Crippen LogP contribution in [-0.4, -0.2) is 56.3 Å². The Morgan fingerprint density at radius 2 is 2.00 bits per heavy atom. The average Bonchev–Trinajstić information content (AvgIpc) is 3.48. The molecule has 0 spiro atoms. The molecule has 5 rings (SSSR count). The van der Waals surface area contributed by atoms with Crippen LogP contribution >= 0.6 is 23.4 Å². The van der Waals surface area contributed by atoms with E-state index in [1.807, 2.05) is 41.5 Å². The average molecular weight is 515 g/mol. The summed E-state index contributed by atoms with van der Waals surface area (Å²) in [5.74, 6) is 1.80. The molecule has 12 heteroatoms. The Morgan fingerprint density at radius 3 is 2.74 bits per heavy atom. The summed E-state index contributed by atoms with van der Waals surface area (Å²) < 4.78 is 17.4. The summed E-state index contributed by atoms with van der Waals surface area (Å²) in [6.45, 7) is 2.52. The van der Waals surface area contributed by atoms with E-state index in [-0.39, 0.29) is 17.4 Å². The number of hydrogen-bond acceptors (Lipinski definition) is 8. The maximum atomic E-state index is 14.3. The van der Waals surface area contributed by atoms with Gasteiger partial charge in [0, 0.05) is 12.7 Å². The van der Waals surface area contributed by atoms with Gasteiger partial charge in [-0.05, 0) is 31.4 Å². The molecule has 1 aliphatic rings. The maximum absolute atomic E-state index is 14.3. The summed E-state index contributed by atoms with van der Waals surface area (Å²) in [7, 11) is 0. The molecule has 0 aliphatic carbocycles. The lowest BCUT2D eigenvalue weighted by Gasteiger charge is -2.30. The van der Waals surface area contributed by atoms with Crippen LogP contribution in [0, 0.1) is 0 Å². The number of hydrogen-bond donors (Lipinski definition) is 2. The monoisotopic (exact) mass is 514 g/mol. The molecule has 35 heavy (non-hydrogen) atoms. The van der Waals surface area contributed by atoms with Gasteiger partial charge in [0.25, 0.3) is 5.56 Å². The third-order valence-electron chi connectivity index (χ3n) is 5.76. The number of alkyl halides is 1. The van der Waals surface area contributed by atoms with Crippen molar-refractivity contribution in [2.75, 3.05) is 41.5 Å². The molecule has 2 N–H and O–H groups in total. The molecule has 1 aromatic carbocycles. The molecule has 1 aliphatic heterocycles. The maximum Gasteiger partial charge on any atom is 0.284 e. The molecule has 0 saturated carbocycles. The van der Waals surface area contributed by atoms with E-state index in [1.165, 1.54) is 29.5 Å². The Bertz CT molecular complexity index is 1410. The van der Waals surface area contributed by atoms with Crippen LogP contribution in [-0.2, 0) is 0 Å². The first kappa shape index (κ1) is 23.4. The summed E-state index contributed by atoms with van der Waals surface area (Å²) in [4.78, 5) is 24.2. The minimum atomic E-state index is -1.10. The third kappa shape index (κ3) is 4.41. The van der Waals surface area contributed by atoms with Gasteiger partial charge >= 0.3 is 0 Å². The Labute approximate surface area is 210 Å². The van der Waals surface area contributed by atoms with Crippen LogP contribution in [0.25, 0.3) is 11.2 Å². The lowest BCUT2D eigenvalue weighted by atomic mass is 10.2. The number of halogens is 2. The summed E-state index contributed by atoms with van der Waals surface area (Å²) >= 11 is 7.85. The number of rotatable bonds is 8. The number of anilines is 3. The first-order valence-electron chi connectivity index (χ1n) is 11.1. The van der Waals surface area contributed by atoms with Crippen LogP contribution in [0.2, 0.25) is 5.02 Å². The SMILES string of the molecule is CSC(CN(CC(C)F)c1ncnc2c1NCN2)c1nn2ccc(Cl)c2c(=O)n1-c1ccccc1. The van der Waals surface area contributed by atoms with E-state index in [4.69, 9.17) is 16.7 Å². The van der Waals surface area contributed by atoms with Gasteiger partial charge in [-0.25, -0.2) is 18.9 Å². The van der Waals surface area contributed by atoms with Gasteiger partial charge in [-0.3, -0.25) is 9.36 Å². The quantitative estimate of drug-likeness (QED) is 0.364. The van der Waals surface area contributed by atoms with Crippen LogP contribution in [0.4, 0.5) is 21.7 Å². The molecule has 0 fully saturated rings. The van der Waals surface area contributed by atoms with Crippen molar-refractivity contribution in [1.29, 1.82) is 0 Å². The summed E-state index contributed by atoms with van der Waals surface area (Å²) in [6.07, 6.45) is 3.97. The topological polar surface area (TPSA) is 92.4 Å². The fourth-order valence-corrected chi connectivity index (χ4v) is 5.14. The van der Waals surface area contributed by atoms with Gasteiger partial charge in [0.15, 0.2) is 17.5 Å². The molecule has 2 atom stereocenters. The normalized spacial score (nSPS) is 14.3. The van der Waals surface area contributed by atoms with Crippen LogP contribution in [0.5, 0.6) is 0 Å². The molecular formula is C23H24ClFN8OS. The van der Waals surface area contributed by atoms with Crippen molar-refractivity contribution >= 4 is 46.2 Å². The number of aromatic nitrogens is 5. The van der Waals surface area contributed by atoms with Crippen LogP contribution in [0.1, 0.15) is 18.0 Å². The Balaban J connectivity index is 1.63. The van der Waals surface area contributed by atoms with Gasteiger partial charge in [-0.15, -0.1) is 0 Å². The highest BCUT2D eigenvalue weighted by Gasteiger charge is 2.28. The lowest BCUT2D eigenvalue weighted by Crippen LogP contribution is -2.36. The molecule has 0 amide bonds. The number of thioether (sulfide) groups is 1. The van der Waals surface area contributed by atoms with E-state index in [0.29, 0.717) is 46.9 Å². The predicted molar refractivity (Wildman–Crippen MR) is 139 cm³/mol. The smallest absolute Gasteiger partial charge is 0.284 e. The van der Waals surface area contributed by atoms with Crippen molar-refractivity contribution in [3.63, 3.8) is 0 Å². The zero-order chi connectivity index (χ0) is 24.5. The number of nitrogens with zero attached hydrogens (tertiary/aromatic N) is 6. The fourth-order valence-electron chi connectivity index (χ4n) is 4.22. The van der Waals surface area contributed by atoms with E-state index in [9.17, 15) is 9.18 Å². The molecule has 4 heterocycles. The summed E-state index contributed by atoms with van der Waals surface area (Å²) in [5.41, 5.74) is 1.44. The van der Waals surface area contributed by atoms with Gasteiger partial charge < -0.3 is 15.5 Å². The van der Waals surface area contributed by atoms with E-state index in [2.05, 4.69) is 20.6 Å². The molecule has 0 saturated heterocycles. The zero-order valence-corrected chi connectivity index (χ0v) is 20.7. The van der Waals surface area contributed by atoms with Crippen molar-refractivity contribution in [1.82, 2.24) is 24.1 Å². The fraction of sp³-hybridized carbons (Fsp3) is 0.304. The highest BCUT2D eigenvalue weighted by molar-refractivity contribution is 7.98. The second-order valence-electron chi connectivity index (χ2n) is 8.15. The Kier molecular flexibility index (Phi) is 6.52. The molecule has 9 nitrogen and oxygen atoms in total. The van der Waals surface area contributed by atoms with Gasteiger partial charge in [0.2, 0.25) is 0 Å². The zero-order valence-electron chi connectivity index (χ0n) is 19.2. The Hall–Kier alpha value is -3.31. The number of para-hydroxylation sites is 1. The standard InChI is InChI=1S/C23H24ClFN8OS/c1-14(25)10-31(22-18-20(27-12-26-18)28-13-29-22)11-17(35-2)21-30-32-9-8-16(24)19(32)23(34)33(21)15-6-4-3-5-7-15/h3-9,13-14,17,26H,10-12H2,1-2H3,(H,27,28,29). The third-order valence-corrected chi connectivity index (χ3v) is 6.99. The van der Waals surface area contributed by atoms with Crippen molar-refractivity contribution in [2.24, 2.45) is 0 Å². The minimum Gasteiger partial charge on any atom is -0.362 e. The van der Waals surface area contributed by atoms with E-state index < -0.39 is 6.17 Å². The first-order valence-corrected chi connectivity index (χ1v) is 12.7. The largest absolute Gasteiger partial charge is 0.362 e. The number of fused-ring (bicyclic) bond motifs is 2. The predicted octanol–water partition coefficient (Wildman–Crippen LogP) is 3.99. The molecule has 3 aromatic heterocycles. The van der Waals surface area contributed by atoms with E-state index in [1.54, 1.807) is 16.8 Å². The Morgan fingerprint density at radius 1 is 1.20 bits per heavy atom. The van der Waals surface area contributed by atoms with Crippen LogP contribution < -0.4 is 21.1 Å². The van der Waals surface area contributed by atoms with Crippen molar-refractivity contribution in [3.05, 3.63) is 70.1 Å². The van der Waals surface area contributed by atoms with Crippen molar-refractivity contribution < 1.29 is 4.39 Å². The lowest BCUT2D eigenvalue weighted by molar-refractivity contribution is 0.360. The molecule has 0 radical (unpaired) electrons. The van der Waals surface area contributed by atoms with E-state index in [0.717, 1.165) is 5.69 Å². The van der Waals surface area contributed by atoms with Crippen molar-refractivity contribution in [2.45, 2.75) is 18.3 Å². The second kappa shape index (κ2) is 9.74. The van der Waals surface area contributed by atoms with E-state index >= 15 is 0 Å². The number of nitrogens with one attached hydrogen (secondary N) is 2. The van der Waals surface area contributed by atoms with Gasteiger partial charge in [0.05, 0.1) is 29.2 Å². The highest BCUT2D eigenvalue weighted by Crippen LogP contribution is 2.36. The molecule has 182 valence electrons. The van der Waals surface area contributed by atoms with Gasteiger partial charge in [-0.2, -0.15) is 16.9 Å². The molecular weight excluding hydrogens is 491 g/mol. The summed E-state index contributed by atoms with van der Waals surface area (Å²) in [6, 6.07) is 11.0. The number of benzene rings is 1. The van der Waals surface area contributed by atoms with Gasteiger partial charge in [-0.1, -0.05) is 29.8 Å². The molecule has 2 unspecified atom stereocenters. The second-order valence-corrected chi connectivity index (χ2v) is 9.60. The summed E-state index contributed by atoms with van der Waals surface area (Å²) in [5, 5.41) is 11.2. The van der Waals surface area contributed by atoms with Crippen molar-refractivity contribution in [3.8, 4) is 5.69 Å².